The minimum Gasteiger partial charge on any atom is -0.467 e. The Bertz CT molecular complexity index is 926. The molecule has 0 spiro atoms. The molecule has 0 aliphatic heterocycles. The summed E-state index contributed by atoms with van der Waals surface area (Å²) in [5.41, 5.74) is 0.884. The summed E-state index contributed by atoms with van der Waals surface area (Å²) in [5.74, 6) is 0.804. The Labute approximate surface area is 145 Å². The van der Waals surface area contributed by atoms with E-state index in [9.17, 15) is 8.42 Å². The SMILES string of the molecule is Cc1ccc(S(=O)(=O)N(Cc2ccco2)c2ccccn2)c(Cl)c1. The molecule has 3 aromatic rings. The Morgan fingerprint density at radius 2 is 2.00 bits per heavy atom. The second kappa shape index (κ2) is 6.67. The van der Waals surface area contributed by atoms with Crippen LogP contribution in [0, 0.1) is 6.92 Å². The zero-order valence-corrected chi connectivity index (χ0v) is 14.5. The molecule has 0 aliphatic carbocycles. The van der Waals surface area contributed by atoms with Crippen molar-refractivity contribution in [3.8, 4) is 0 Å². The summed E-state index contributed by atoms with van der Waals surface area (Å²) in [5, 5.41) is 0.176. The molecule has 2 heterocycles. The standard InChI is InChI=1S/C17H15ClN2O3S/c1-13-7-8-16(15(18)11-13)24(21,22)20(12-14-5-4-10-23-14)17-6-2-3-9-19-17/h2-11H,12H2,1H3. The van der Waals surface area contributed by atoms with Crippen molar-refractivity contribution < 1.29 is 12.8 Å². The minimum atomic E-state index is -3.90. The van der Waals surface area contributed by atoms with Crippen molar-refractivity contribution in [1.82, 2.24) is 4.98 Å². The molecule has 0 fully saturated rings. The van der Waals surface area contributed by atoms with Crippen LogP contribution in [0.5, 0.6) is 0 Å². The molecule has 0 radical (unpaired) electrons. The van der Waals surface area contributed by atoms with Gasteiger partial charge in [0, 0.05) is 6.20 Å². The fourth-order valence-corrected chi connectivity index (χ4v) is 4.23. The Morgan fingerprint density at radius 3 is 2.62 bits per heavy atom. The van der Waals surface area contributed by atoms with E-state index >= 15 is 0 Å². The molecule has 7 heteroatoms. The molecule has 0 aliphatic rings. The van der Waals surface area contributed by atoms with Gasteiger partial charge in [0.15, 0.2) is 0 Å². The van der Waals surface area contributed by atoms with Crippen LogP contribution >= 0.6 is 11.6 Å². The lowest BCUT2D eigenvalue weighted by Gasteiger charge is -2.23. The van der Waals surface area contributed by atoms with E-state index in [4.69, 9.17) is 16.0 Å². The van der Waals surface area contributed by atoms with Crippen molar-refractivity contribution in [2.75, 3.05) is 4.31 Å². The van der Waals surface area contributed by atoms with E-state index < -0.39 is 10.0 Å². The molecule has 0 N–H and O–H groups in total. The molecule has 124 valence electrons. The first-order valence-electron chi connectivity index (χ1n) is 7.21. The maximum Gasteiger partial charge on any atom is 0.267 e. The van der Waals surface area contributed by atoms with E-state index in [0.29, 0.717) is 11.6 Å². The minimum absolute atomic E-state index is 0.0244. The molecule has 0 atom stereocenters. The Balaban J connectivity index is 2.10. The number of halogens is 1. The van der Waals surface area contributed by atoms with Gasteiger partial charge in [-0.25, -0.2) is 17.7 Å². The highest BCUT2D eigenvalue weighted by atomic mass is 35.5. The summed E-state index contributed by atoms with van der Waals surface area (Å²) >= 11 is 6.18. The van der Waals surface area contributed by atoms with E-state index in [2.05, 4.69) is 4.98 Å². The predicted molar refractivity (Wildman–Crippen MR) is 92.5 cm³/mol. The summed E-state index contributed by atoms with van der Waals surface area (Å²) in [6.45, 7) is 1.87. The molecule has 3 rings (SSSR count). The van der Waals surface area contributed by atoms with E-state index in [-0.39, 0.29) is 16.5 Å². The number of hydrogen-bond acceptors (Lipinski definition) is 4. The van der Waals surface area contributed by atoms with Gasteiger partial charge in [-0.1, -0.05) is 23.7 Å². The number of aromatic nitrogens is 1. The Kier molecular flexibility index (Phi) is 4.59. The number of sulfonamides is 1. The van der Waals surface area contributed by atoms with Gasteiger partial charge in [0.2, 0.25) is 0 Å². The Hall–Kier alpha value is -2.31. The molecular weight excluding hydrogens is 348 g/mol. The molecule has 0 saturated carbocycles. The van der Waals surface area contributed by atoms with Crippen LogP contribution in [0.1, 0.15) is 11.3 Å². The fraction of sp³-hybridized carbons (Fsp3) is 0.118. The summed E-state index contributed by atoms with van der Waals surface area (Å²) < 4.78 is 32.8. The zero-order valence-electron chi connectivity index (χ0n) is 12.9. The molecule has 0 saturated heterocycles. The quantitative estimate of drug-likeness (QED) is 0.687. The first-order valence-corrected chi connectivity index (χ1v) is 9.02. The zero-order chi connectivity index (χ0) is 17.2. The molecule has 24 heavy (non-hydrogen) atoms. The molecule has 0 amide bonds. The van der Waals surface area contributed by atoms with Gasteiger partial charge in [-0.2, -0.15) is 0 Å². The average Bonchev–Trinajstić information content (AvgIpc) is 3.06. The monoisotopic (exact) mass is 362 g/mol. The summed E-state index contributed by atoms with van der Waals surface area (Å²) in [6.07, 6.45) is 3.04. The molecule has 5 nitrogen and oxygen atoms in total. The average molecular weight is 363 g/mol. The number of aryl methyl sites for hydroxylation is 1. The summed E-state index contributed by atoms with van der Waals surface area (Å²) in [6, 6.07) is 13.3. The predicted octanol–water partition coefficient (Wildman–Crippen LogP) is 4.03. The number of rotatable bonds is 5. The first kappa shape index (κ1) is 16.5. The number of pyridine rings is 1. The third-order valence-corrected chi connectivity index (χ3v) is 5.67. The van der Waals surface area contributed by atoms with Crippen LogP contribution < -0.4 is 4.31 Å². The van der Waals surface area contributed by atoms with Crippen molar-refractivity contribution in [2.45, 2.75) is 18.4 Å². The van der Waals surface area contributed by atoms with Gasteiger partial charge in [-0.3, -0.25) is 0 Å². The van der Waals surface area contributed by atoms with E-state index in [1.807, 2.05) is 6.92 Å². The van der Waals surface area contributed by atoms with Gasteiger partial charge < -0.3 is 4.42 Å². The van der Waals surface area contributed by atoms with Crippen LogP contribution in [0.25, 0.3) is 0 Å². The third-order valence-electron chi connectivity index (χ3n) is 3.44. The maximum absolute atomic E-state index is 13.2. The number of nitrogens with zero attached hydrogens (tertiary/aromatic N) is 2. The summed E-state index contributed by atoms with van der Waals surface area (Å²) in [7, 11) is -3.90. The van der Waals surface area contributed by atoms with E-state index in [1.165, 1.54) is 22.8 Å². The van der Waals surface area contributed by atoms with Crippen molar-refractivity contribution in [2.24, 2.45) is 0 Å². The van der Waals surface area contributed by atoms with E-state index in [0.717, 1.165) is 5.56 Å². The van der Waals surface area contributed by atoms with Crippen molar-refractivity contribution >= 4 is 27.4 Å². The first-order chi connectivity index (χ1) is 11.5. The molecule has 2 aromatic heterocycles. The van der Waals surface area contributed by atoms with Crippen LogP contribution in [0.15, 0.2) is 70.3 Å². The van der Waals surface area contributed by atoms with Crippen LogP contribution in [-0.4, -0.2) is 13.4 Å². The number of benzene rings is 1. The van der Waals surface area contributed by atoms with Crippen LogP contribution in [0.2, 0.25) is 5.02 Å². The number of furan rings is 1. The topological polar surface area (TPSA) is 63.4 Å². The lowest BCUT2D eigenvalue weighted by Crippen LogP contribution is -2.31. The highest BCUT2D eigenvalue weighted by Gasteiger charge is 2.29. The van der Waals surface area contributed by atoms with Crippen molar-refractivity contribution in [3.63, 3.8) is 0 Å². The van der Waals surface area contributed by atoms with Gasteiger partial charge >= 0.3 is 0 Å². The lowest BCUT2D eigenvalue weighted by atomic mass is 10.2. The van der Waals surface area contributed by atoms with Crippen LogP contribution in [-0.2, 0) is 16.6 Å². The lowest BCUT2D eigenvalue weighted by molar-refractivity contribution is 0.508. The van der Waals surface area contributed by atoms with Gasteiger partial charge in [-0.15, -0.1) is 0 Å². The Morgan fingerprint density at radius 1 is 1.17 bits per heavy atom. The second-order valence-corrected chi connectivity index (χ2v) is 7.45. The van der Waals surface area contributed by atoms with Gasteiger partial charge in [0.25, 0.3) is 10.0 Å². The molecule has 0 unspecified atom stereocenters. The van der Waals surface area contributed by atoms with Gasteiger partial charge in [0.05, 0.1) is 17.8 Å². The van der Waals surface area contributed by atoms with Gasteiger partial charge in [-0.05, 0) is 48.9 Å². The molecule has 1 aromatic carbocycles. The summed E-state index contributed by atoms with van der Waals surface area (Å²) in [4.78, 5) is 4.19. The third kappa shape index (κ3) is 3.29. The maximum atomic E-state index is 13.2. The normalized spacial score (nSPS) is 11.4. The highest BCUT2D eigenvalue weighted by Crippen LogP contribution is 2.29. The van der Waals surface area contributed by atoms with Crippen LogP contribution in [0.3, 0.4) is 0 Å². The molecular formula is C17H15ClN2O3S. The second-order valence-electron chi connectivity index (χ2n) is 5.21. The largest absolute Gasteiger partial charge is 0.467 e. The highest BCUT2D eigenvalue weighted by molar-refractivity contribution is 7.92. The number of anilines is 1. The van der Waals surface area contributed by atoms with Crippen molar-refractivity contribution in [1.29, 1.82) is 0 Å². The van der Waals surface area contributed by atoms with Crippen molar-refractivity contribution in [3.05, 3.63) is 77.3 Å². The van der Waals surface area contributed by atoms with Gasteiger partial charge in [0.1, 0.15) is 16.5 Å². The van der Waals surface area contributed by atoms with E-state index in [1.54, 1.807) is 42.5 Å². The molecule has 0 bridgehead atoms. The smallest absolute Gasteiger partial charge is 0.267 e. The van der Waals surface area contributed by atoms with Crippen LogP contribution in [0.4, 0.5) is 5.82 Å². The number of hydrogen-bond donors (Lipinski definition) is 0. The fourth-order valence-electron chi connectivity index (χ4n) is 2.27.